The molecule has 0 aliphatic carbocycles. The van der Waals surface area contributed by atoms with Crippen molar-refractivity contribution < 1.29 is 4.39 Å². The molecule has 0 fully saturated rings. The van der Waals surface area contributed by atoms with E-state index in [9.17, 15) is 4.39 Å². The van der Waals surface area contributed by atoms with Crippen LogP contribution in [0.2, 0.25) is 0 Å². The first-order valence-electron chi connectivity index (χ1n) is 6.36. The van der Waals surface area contributed by atoms with E-state index in [0.717, 1.165) is 12.1 Å². The Kier molecular flexibility index (Phi) is 4.93. The molecule has 0 spiro atoms. The molecule has 3 heteroatoms. The van der Waals surface area contributed by atoms with E-state index in [-0.39, 0.29) is 11.9 Å². The second-order valence-electron chi connectivity index (χ2n) is 4.55. The van der Waals surface area contributed by atoms with Gasteiger partial charge in [-0.05, 0) is 70.9 Å². The molecule has 1 N–H and O–H groups in total. The number of rotatable bonds is 4. The molecule has 1 nitrogen and oxygen atoms in total. The Morgan fingerprint density at radius 2 is 1.74 bits per heavy atom. The summed E-state index contributed by atoms with van der Waals surface area (Å²) in [4.78, 5) is 0. The van der Waals surface area contributed by atoms with E-state index in [4.69, 9.17) is 0 Å². The van der Waals surface area contributed by atoms with Gasteiger partial charge in [0.25, 0.3) is 0 Å². The Balaban J connectivity index is 2.38. The Morgan fingerprint density at radius 3 is 2.32 bits per heavy atom. The summed E-state index contributed by atoms with van der Waals surface area (Å²) >= 11 is 2.30. The van der Waals surface area contributed by atoms with Crippen LogP contribution >= 0.6 is 22.6 Å². The molecule has 0 heterocycles. The largest absolute Gasteiger partial charge is 0.307 e. The average Bonchev–Trinajstić information content (AvgIpc) is 2.41. The molecule has 0 amide bonds. The Hall–Kier alpha value is -0.940. The van der Waals surface area contributed by atoms with Crippen LogP contribution in [-0.2, 0) is 0 Å². The van der Waals surface area contributed by atoms with Crippen LogP contribution in [0.15, 0.2) is 42.5 Å². The zero-order valence-electron chi connectivity index (χ0n) is 11.1. The molecule has 2 aromatic rings. The standard InChI is InChI=1S/C16H17FIN/c1-3-19-16(12-4-7-14(18)8-5-12)13-6-9-15(17)11(2)10-13/h4-10,16,19H,3H2,1-2H3. The van der Waals surface area contributed by atoms with Gasteiger partial charge in [-0.3, -0.25) is 0 Å². The fourth-order valence-corrected chi connectivity index (χ4v) is 2.49. The number of hydrogen-bond donors (Lipinski definition) is 1. The molecule has 2 aromatic carbocycles. The molecule has 0 radical (unpaired) electrons. The SMILES string of the molecule is CCNC(c1ccc(I)cc1)c1ccc(F)c(C)c1. The van der Waals surface area contributed by atoms with E-state index in [2.05, 4.69) is 59.1 Å². The van der Waals surface area contributed by atoms with Gasteiger partial charge in [-0.25, -0.2) is 4.39 Å². The van der Waals surface area contributed by atoms with Crippen molar-refractivity contribution in [3.05, 3.63) is 68.5 Å². The van der Waals surface area contributed by atoms with Crippen molar-refractivity contribution in [1.29, 1.82) is 0 Å². The van der Waals surface area contributed by atoms with Crippen LogP contribution in [0.1, 0.15) is 29.7 Å². The molecular formula is C16H17FIN. The smallest absolute Gasteiger partial charge is 0.126 e. The Morgan fingerprint density at radius 1 is 1.11 bits per heavy atom. The van der Waals surface area contributed by atoms with Gasteiger partial charge in [0.05, 0.1) is 6.04 Å². The maximum atomic E-state index is 13.4. The molecule has 100 valence electrons. The van der Waals surface area contributed by atoms with Crippen molar-refractivity contribution in [2.24, 2.45) is 0 Å². The Bertz CT molecular complexity index is 551. The van der Waals surface area contributed by atoms with Gasteiger partial charge in [0.2, 0.25) is 0 Å². The van der Waals surface area contributed by atoms with Crippen molar-refractivity contribution >= 4 is 22.6 Å². The first kappa shape index (κ1) is 14.5. The van der Waals surface area contributed by atoms with E-state index in [1.54, 1.807) is 13.0 Å². The van der Waals surface area contributed by atoms with Crippen LogP contribution in [0.5, 0.6) is 0 Å². The fourth-order valence-electron chi connectivity index (χ4n) is 2.13. The van der Waals surface area contributed by atoms with Gasteiger partial charge in [-0.15, -0.1) is 0 Å². The fraction of sp³-hybridized carbons (Fsp3) is 0.250. The van der Waals surface area contributed by atoms with Crippen molar-refractivity contribution in [1.82, 2.24) is 5.32 Å². The summed E-state index contributed by atoms with van der Waals surface area (Å²) < 4.78 is 14.6. The average molecular weight is 369 g/mol. The monoisotopic (exact) mass is 369 g/mol. The molecule has 0 saturated carbocycles. The molecule has 0 bridgehead atoms. The highest BCUT2D eigenvalue weighted by atomic mass is 127. The first-order chi connectivity index (χ1) is 9.11. The summed E-state index contributed by atoms with van der Waals surface area (Å²) in [5.41, 5.74) is 2.99. The normalized spacial score (nSPS) is 12.4. The number of hydrogen-bond acceptors (Lipinski definition) is 1. The lowest BCUT2D eigenvalue weighted by Gasteiger charge is -2.19. The molecule has 19 heavy (non-hydrogen) atoms. The predicted molar refractivity (Wildman–Crippen MR) is 85.8 cm³/mol. The van der Waals surface area contributed by atoms with Crippen LogP contribution in [0.4, 0.5) is 4.39 Å². The third kappa shape index (κ3) is 3.54. The van der Waals surface area contributed by atoms with E-state index in [1.807, 2.05) is 12.1 Å². The minimum atomic E-state index is -0.151. The van der Waals surface area contributed by atoms with Crippen LogP contribution in [0.25, 0.3) is 0 Å². The summed E-state index contributed by atoms with van der Waals surface area (Å²) in [6, 6.07) is 13.9. The lowest BCUT2D eigenvalue weighted by molar-refractivity contribution is 0.606. The van der Waals surface area contributed by atoms with Gasteiger partial charge in [0.1, 0.15) is 5.82 Å². The maximum absolute atomic E-state index is 13.4. The molecule has 0 aliphatic heterocycles. The lowest BCUT2D eigenvalue weighted by Crippen LogP contribution is -2.22. The lowest BCUT2D eigenvalue weighted by atomic mass is 9.97. The van der Waals surface area contributed by atoms with E-state index in [1.165, 1.54) is 9.13 Å². The van der Waals surface area contributed by atoms with Crippen LogP contribution < -0.4 is 5.32 Å². The third-order valence-corrected chi connectivity index (χ3v) is 3.85. The van der Waals surface area contributed by atoms with Gasteiger partial charge < -0.3 is 5.32 Å². The van der Waals surface area contributed by atoms with E-state index >= 15 is 0 Å². The van der Waals surface area contributed by atoms with Crippen LogP contribution in [0, 0.1) is 16.3 Å². The van der Waals surface area contributed by atoms with Gasteiger partial charge in [0, 0.05) is 3.57 Å². The first-order valence-corrected chi connectivity index (χ1v) is 7.44. The van der Waals surface area contributed by atoms with Gasteiger partial charge in [-0.1, -0.05) is 31.2 Å². The summed E-state index contributed by atoms with van der Waals surface area (Å²) in [6.07, 6.45) is 0. The highest BCUT2D eigenvalue weighted by Gasteiger charge is 2.13. The van der Waals surface area contributed by atoms with Crippen molar-refractivity contribution in [2.45, 2.75) is 19.9 Å². The van der Waals surface area contributed by atoms with Gasteiger partial charge in [0.15, 0.2) is 0 Å². The zero-order chi connectivity index (χ0) is 13.8. The molecule has 0 aliphatic rings. The number of nitrogens with one attached hydrogen (secondary N) is 1. The van der Waals surface area contributed by atoms with Crippen molar-refractivity contribution in [3.8, 4) is 0 Å². The van der Waals surface area contributed by atoms with Gasteiger partial charge >= 0.3 is 0 Å². The van der Waals surface area contributed by atoms with E-state index in [0.29, 0.717) is 5.56 Å². The molecule has 0 aromatic heterocycles. The highest BCUT2D eigenvalue weighted by molar-refractivity contribution is 14.1. The third-order valence-electron chi connectivity index (χ3n) is 3.13. The number of halogens is 2. The minimum Gasteiger partial charge on any atom is -0.307 e. The Labute approximate surface area is 127 Å². The quantitative estimate of drug-likeness (QED) is 0.786. The summed E-state index contributed by atoms with van der Waals surface area (Å²) in [6.45, 7) is 4.75. The summed E-state index contributed by atoms with van der Waals surface area (Å²) in [7, 11) is 0. The second-order valence-corrected chi connectivity index (χ2v) is 5.80. The van der Waals surface area contributed by atoms with Crippen molar-refractivity contribution in [2.75, 3.05) is 6.54 Å². The summed E-state index contributed by atoms with van der Waals surface area (Å²) in [5.74, 6) is -0.151. The molecule has 0 saturated heterocycles. The topological polar surface area (TPSA) is 12.0 Å². The maximum Gasteiger partial charge on any atom is 0.126 e. The highest BCUT2D eigenvalue weighted by Crippen LogP contribution is 2.24. The molecular weight excluding hydrogens is 352 g/mol. The molecule has 1 unspecified atom stereocenters. The summed E-state index contributed by atoms with van der Waals surface area (Å²) in [5, 5.41) is 3.46. The van der Waals surface area contributed by atoms with E-state index < -0.39 is 0 Å². The van der Waals surface area contributed by atoms with Crippen molar-refractivity contribution in [3.63, 3.8) is 0 Å². The second kappa shape index (κ2) is 6.48. The number of benzene rings is 2. The van der Waals surface area contributed by atoms with Crippen LogP contribution in [0.3, 0.4) is 0 Å². The van der Waals surface area contributed by atoms with Gasteiger partial charge in [-0.2, -0.15) is 0 Å². The van der Waals surface area contributed by atoms with Crippen LogP contribution in [-0.4, -0.2) is 6.54 Å². The molecule has 1 atom stereocenters. The minimum absolute atomic E-state index is 0.112. The molecule has 2 rings (SSSR count). The number of aryl methyl sites for hydroxylation is 1. The zero-order valence-corrected chi connectivity index (χ0v) is 13.2. The predicted octanol–water partition coefficient (Wildman–Crippen LogP) is 4.44.